The van der Waals surface area contributed by atoms with Crippen LogP contribution < -0.4 is 0 Å². The Kier molecular flexibility index (Phi) is 7.46. The molecule has 12 nitrogen and oxygen atoms in total. The van der Waals surface area contributed by atoms with Gasteiger partial charge in [0, 0.05) is 19.3 Å². The predicted octanol–water partition coefficient (Wildman–Crippen LogP) is 2.59. The third kappa shape index (κ3) is 5.96. The number of nitro groups is 1. The number of aromatic nitrogens is 3. The summed E-state index contributed by atoms with van der Waals surface area (Å²) in [5.41, 5.74) is 1.000. The molecule has 0 N–H and O–H groups in total. The van der Waals surface area contributed by atoms with Crippen LogP contribution in [-0.4, -0.2) is 61.1 Å². The van der Waals surface area contributed by atoms with Crippen molar-refractivity contribution in [1.29, 1.82) is 0 Å². The number of amides is 3. The second-order valence-electron chi connectivity index (χ2n) is 7.20. The van der Waals surface area contributed by atoms with Crippen LogP contribution in [0.4, 0.5) is 10.7 Å². The van der Waals surface area contributed by atoms with Gasteiger partial charge in [0.05, 0.1) is 18.0 Å². The van der Waals surface area contributed by atoms with Crippen molar-refractivity contribution in [3.63, 3.8) is 0 Å². The third-order valence-corrected chi connectivity index (χ3v) is 4.80. The number of aryl methyl sites for hydroxylation is 2. The number of rotatable bonds is 12. The number of hydrogen-bond donors (Lipinski definition) is 0. The van der Waals surface area contributed by atoms with Crippen molar-refractivity contribution < 1.29 is 18.9 Å². The summed E-state index contributed by atoms with van der Waals surface area (Å²) in [6.45, 7) is 3.03. The van der Waals surface area contributed by atoms with E-state index in [0.717, 1.165) is 49.4 Å². The molecule has 0 aliphatic carbocycles. The molecule has 1 aliphatic heterocycles. The summed E-state index contributed by atoms with van der Waals surface area (Å²) < 4.78 is 6.77. The van der Waals surface area contributed by atoms with Crippen molar-refractivity contribution in [2.24, 2.45) is 5.10 Å². The van der Waals surface area contributed by atoms with Gasteiger partial charge in [-0.25, -0.2) is 9.80 Å². The van der Waals surface area contributed by atoms with Gasteiger partial charge < -0.3 is 4.42 Å². The molecular formula is C19H25N7O5. The van der Waals surface area contributed by atoms with Crippen LogP contribution >= 0.6 is 0 Å². The first-order valence-corrected chi connectivity index (χ1v) is 10.3. The number of urea groups is 1. The quantitative estimate of drug-likeness (QED) is 0.165. The third-order valence-electron chi connectivity index (χ3n) is 4.80. The van der Waals surface area contributed by atoms with E-state index in [9.17, 15) is 19.7 Å². The topological polar surface area (TPSA) is 140 Å². The lowest BCUT2D eigenvalue weighted by atomic mass is 10.2. The van der Waals surface area contributed by atoms with Gasteiger partial charge in [-0.3, -0.25) is 24.5 Å². The molecule has 3 rings (SSSR count). The summed E-state index contributed by atoms with van der Waals surface area (Å²) in [6, 6.07) is 2.04. The van der Waals surface area contributed by atoms with E-state index in [1.165, 1.54) is 23.2 Å². The van der Waals surface area contributed by atoms with E-state index in [-0.39, 0.29) is 18.2 Å². The fourth-order valence-electron chi connectivity index (χ4n) is 3.11. The minimum atomic E-state index is -0.669. The van der Waals surface area contributed by atoms with Gasteiger partial charge in [-0.1, -0.05) is 18.6 Å². The van der Waals surface area contributed by atoms with Crippen LogP contribution in [0.25, 0.3) is 0 Å². The van der Waals surface area contributed by atoms with Crippen LogP contribution in [0.5, 0.6) is 0 Å². The number of hydrazone groups is 1. The van der Waals surface area contributed by atoms with E-state index in [1.807, 2.05) is 10.9 Å². The number of imide groups is 1. The first-order chi connectivity index (χ1) is 15.0. The monoisotopic (exact) mass is 431 g/mol. The second-order valence-corrected chi connectivity index (χ2v) is 7.20. The Bertz CT molecular complexity index is 951. The molecule has 2 aromatic heterocycles. The smallest absolute Gasteiger partial charge is 0.400 e. The Morgan fingerprint density at radius 3 is 2.77 bits per heavy atom. The molecule has 0 radical (unpaired) electrons. The molecule has 3 amide bonds. The molecule has 1 aliphatic rings. The maximum atomic E-state index is 12.4. The van der Waals surface area contributed by atoms with E-state index in [0.29, 0.717) is 13.0 Å². The Hall–Kier alpha value is -3.57. The summed E-state index contributed by atoms with van der Waals surface area (Å²) in [6.07, 6.45) is 8.67. The first-order valence-electron chi connectivity index (χ1n) is 10.3. The zero-order chi connectivity index (χ0) is 22.2. The van der Waals surface area contributed by atoms with E-state index in [2.05, 4.69) is 22.3 Å². The number of carbonyl (C=O) groups excluding carboxylic acids is 2. The Labute approximate surface area is 178 Å². The largest absolute Gasteiger partial charge is 0.433 e. The van der Waals surface area contributed by atoms with Gasteiger partial charge in [0.1, 0.15) is 11.5 Å². The van der Waals surface area contributed by atoms with E-state index >= 15 is 0 Å². The number of unbranched alkanes of at least 4 members (excludes halogenated alkanes) is 3. The molecule has 0 spiro atoms. The Morgan fingerprint density at radius 2 is 2.03 bits per heavy atom. The molecule has 0 saturated carbocycles. The minimum absolute atomic E-state index is 0.122. The van der Waals surface area contributed by atoms with Crippen molar-refractivity contribution >= 4 is 24.0 Å². The van der Waals surface area contributed by atoms with Gasteiger partial charge in [-0.2, -0.15) is 5.10 Å². The second kappa shape index (κ2) is 10.5. The summed E-state index contributed by atoms with van der Waals surface area (Å²) in [5.74, 6) is -0.629. The number of furan rings is 1. The highest BCUT2D eigenvalue weighted by Crippen LogP contribution is 2.16. The maximum Gasteiger partial charge on any atom is 0.433 e. The normalized spacial score (nSPS) is 14.4. The first kappa shape index (κ1) is 22.1. The molecule has 12 heteroatoms. The van der Waals surface area contributed by atoms with Gasteiger partial charge in [-0.15, -0.1) is 5.10 Å². The zero-order valence-electron chi connectivity index (χ0n) is 17.3. The van der Waals surface area contributed by atoms with Crippen LogP contribution in [0.3, 0.4) is 0 Å². The average Bonchev–Trinajstić information content (AvgIpc) is 3.46. The molecule has 2 aromatic rings. The van der Waals surface area contributed by atoms with Crippen molar-refractivity contribution in [2.45, 2.75) is 52.0 Å². The van der Waals surface area contributed by atoms with Gasteiger partial charge in [0.15, 0.2) is 5.76 Å². The molecule has 166 valence electrons. The van der Waals surface area contributed by atoms with Gasteiger partial charge >= 0.3 is 11.9 Å². The summed E-state index contributed by atoms with van der Waals surface area (Å²) in [5, 5.41) is 23.8. The van der Waals surface area contributed by atoms with Crippen molar-refractivity contribution in [3.05, 3.63) is 39.9 Å². The van der Waals surface area contributed by atoms with Gasteiger partial charge in [0.2, 0.25) is 0 Å². The molecule has 1 saturated heterocycles. The van der Waals surface area contributed by atoms with Gasteiger partial charge in [0.25, 0.3) is 5.91 Å². The lowest BCUT2D eigenvalue weighted by molar-refractivity contribution is -0.402. The predicted molar refractivity (Wildman–Crippen MR) is 109 cm³/mol. The number of nitrogens with zero attached hydrogens (tertiary/aromatic N) is 7. The Balaban J connectivity index is 1.40. The van der Waals surface area contributed by atoms with Crippen LogP contribution in [0, 0.1) is 10.1 Å². The van der Waals surface area contributed by atoms with E-state index < -0.39 is 16.8 Å². The SMILES string of the molecule is CCCCc1cn(CCCCCN2C(=O)CN(/N=C/c3ccc([N+](=O)[O-])o3)C2=O)nn1. The molecule has 1 fully saturated rings. The molecule has 31 heavy (non-hydrogen) atoms. The Morgan fingerprint density at radius 1 is 1.23 bits per heavy atom. The van der Waals surface area contributed by atoms with Crippen LogP contribution in [0.2, 0.25) is 0 Å². The van der Waals surface area contributed by atoms with Crippen LogP contribution in [0.1, 0.15) is 50.5 Å². The lowest BCUT2D eigenvalue weighted by Gasteiger charge is -2.13. The number of hydrogen-bond acceptors (Lipinski definition) is 8. The molecule has 0 unspecified atom stereocenters. The average molecular weight is 431 g/mol. The summed E-state index contributed by atoms with van der Waals surface area (Å²) >= 11 is 0. The maximum absolute atomic E-state index is 12.4. The summed E-state index contributed by atoms with van der Waals surface area (Å²) in [7, 11) is 0. The van der Waals surface area contributed by atoms with Crippen molar-refractivity contribution in [1.82, 2.24) is 24.9 Å². The van der Waals surface area contributed by atoms with Gasteiger partial charge in [-0.05, 0) is 38.2 Å². The van der Waals surface area contributed by atoms with Crippen LogP contribution in [0.15, 0.2) is 27.8 Å². The molecule has 0 bridgehead atoms. The zero-order valence-corrected chi connectivity index (χ0v) is 17.3. The summed E-state index contributed by atoms with van der Waals surface area (Å²) in [4.78, 5) is 35.6. The molecule has 0 atom stereocenters. The lowest BCUT2D eigenvalue weighted by Crippen LogP contribution is -2.32. The standard InChI is InChI=1S/C19H25N7O5/c1-2-3-7-15-13-23(22-21-15)10-5-4-6-11-24-17(27)14-25(19(24)28)20-12-16-8-9-18(31-16)26(29)30/h8-9,12-13H,2-7,10-11,14H2,1H3/b20-12+. The van der Waals surface area contributed by atoms with Crippen LogP contribution in [-0.2, 0) is 17.8 Å². The van der Waals surface area contributed by atoms with E-state index in [1.54, 1.807) is 0 Å². The molecular weight excluding hydrogens is 406 g/mol. The fraction of sp³-hybridized carbons (Fsp3) is 0.526. The van der Waals surface area contributed by atoms with Crippen molar-refractivity contribution in [3.8, 4) is 0 Å². The highest BCUT2D eigenvalue weighted by molar-refractivity contribution is 6.02. The molecule has 3 heterocycles. The van der Waals surface area contributed by atoms with Crippen molar-refractivity contribution in [2.75, 3.05) is 13.1 Å². The minimum Gasteiger partial charge on any atom is -0.400 e. The molecule has 0 aromatic carbocycles. The number of carbonyl (C=O) groups is 2. The fourth-order valence-corrected chi connectivity index (χ4v) is 3.11. The van der Waals surface area contributed by atoms with E-state index in [4.69, 9.17) is 4.42 Å². The highest BCUT2D eigenvalue weighted by atomic mass is 16.6. The highest BCUT2D eigenvalue weighted by Gasteiger charge is 2.35.